The van der Waals surface area contributed by atoms with Crippen molar-refractivity contribution < 1.29 is 9.90 Å². The van der Waals surface area contributed by atoms with Gasteiger partial charge in [0.25, 0.3) is 0 Å². The molecule has 0 aliphatic carbocycles. The van der Waals surface area contributed by atoms with Crippen LogP contribution in [0.3, 0.4) is 0 Å². The van der Waals surface area contributed by atoms with Crippen molar-refractivity contribution in [1.29, 1.82) is 0 Å². The Morgan fingerprint density at radius 3 is 2.33 bits per heavy atom. The predicted octanol–water partition coefficient (Wildman–Crippen LogP) is -0.988. The summed E-state index contributed by atoms with van der Waals surface area (Å²) in [6.45, 7) is 8.65. The van der Waals surface area contributed by atoms with Crippen molar-refractivity contribution in [3.8, 4) is 0 Å². The van der Waals surface area contributed by atoms with Crippen molar-refractivity contribution in [1.82, 2.24) is 20.0 Å². The highest BCUT2D eigenvalue weighted by atomic mass is 16.3. The largest absolute Gasteiger partial charge is 0.395 e. The lowest BCUT2D eigenvalue weighted by Crippen LogP contribution is -2.38. The molecule has 104 valence electrons. The number of carbonyl (C=O) groups is 1. The van der Waals surface area contributed by atoms with Crippen LogP contribution >= 0.6 is 0 Å². The molecular weight excluding hydrogens is 232 g/mol. The van der Waals surface area contributed by atoms with Gasteiger partial charge in [0, 0.05) is 45.8 Å². The van der Waals surface area contributed by atoms with E-state index in [2.05, 4.69) is 15.1 Å². The van der Waals surface area contributed by atoms with Crippen LogP contribution < -0.4 is 5.32 Å². The number of urea groups is 1. The fourth-order valence-corrected chi connectivity index (χ4v) is 2.60. The van der Waals surface area contributed by atoms with Gasteiger partial charge in [-0.3, -0.25) is 4.90 Å². The third-order valence-electron chi connectivity index (χ3n) is 3.73. The third kappa shape index (κ3) is 3.83. The normalized spacial score (nSPS) is 23.2. The van der Waals surface area contributed by atoms with Crippen LogP contribution in [0.1, 0.15) is 6.42 Å². The van der Waals surface area contributed by atoms with Gasteiger partial charge in [-0.15, -0.1) is 0 Å². The summed E-state index contributed by atoms with van der Waals surface area (Å²) in [5.41, 5.74) is 0. The Morgan fingerprint density at radius 2 is 1.72 bits per heavy atom. The Hall–Kier alpha value is -0.850. The van der Waals surface area contributed by atoms with Crippen molar-refractivity contribution >= 4 is 6.03 Å². The SMILES string of the molecule is O=C1NCCN1CCN1CCCN(CCO)CC1. The smallest absolute Gasteiger partial charge is 0.317 e. The van der Waals surface area contributed by atoms with E-state index < -0.39 is 0 Å². The maximum Gasteiger partial charge on any atom is 0.317 e. The number of aliphatic hydroxyl groups is 1. The zero-order valence-electron chi connectivity index (χ0n) is 11.0. The average molecular weight is 256 g/mol. The summed E-state index contributed by atoms with van der Waals surface area (Å²) in [5.74, 6) is 0. The summed E-state index contributed by atoms with van der Waals surface area (Å²) in [4.78, 5) is 18.0. The number of nitrogens with zero attached hydrogens (tertiary/aromatic N) is 3. The molecule has 2 N–H and O–H groups in total. The lowest BCUT2D eigenvalue weighted by atomic mass is 10.3. The second-order valence-corrected chi connectivity index (χ2v) is 4.98. The fourth-order valence-electron chi connectivity index (χ4n) is 2.60. The molecule has 18 heavy (non-hydrogen) atoms. The molecule has 2 amide bonds. The van der Waals surface area contributed by atoms with E-state index in [9.17, 15) is 4.79 Å². The second kappa shape index (κ2) is 6.92. The summed E-state index contributed by atoms with van der Waals surface area (Å²) in [5, 5.41) is 11.8. The van der Waals surface area contributed by atoms with Crippen molar-refractivity contribution in [3.63, 3.8) is 0 Å². The zero-order valence-corrected chi connectivity index (χ0v) is 11.0. The van der Waals surface area contributed by atoms with Gasteiger partial charge in [0.1, 0.15) is 0 Å². The van der Waals surface area contributed by atoms with E-state index in [0.717, 1.165) is 65.3 Å². The molecule has 2 rings (SSSR count). The molecule has 0 radical (unpaired) electrons. The molecule has 0 unspecified atom stereocenters. The van der Waals surface area contributed by atoms with E-state index in [1.54, 1.807) is 0 Å². The molecule has 0 aromatic heterocycles. The van der Waals surface area contributed by atoms with E-state index in [0.29, 0.717) is 0 Å². The summed E-state index contributed by atoms with van der Waals surface area (Å²) >= 11 is 0. The molecule has 0 atom stereocenters. The van der Waals surface area contributed by atoms with Gasteiger partial charge in [-0.2, -0.15) is 0 Å². The molecule has 2 heterocycles. The summed E-state index contributed by atoms with van der Waals surface area (Å²) in [6.07, 6.45) is 1.15. The number of nitrogens with one attached hydrogen (secondary N) is 1. The number of hydrogen-bond donors (Lipinski definition) is 2. The van der Waals surface area contributed by atoms with Gasteiger partial charge < -0.3 is 20.2 Å². The van der Waals surface area contributed by atoms with Gasteiger partial charge >= 0.3 is 6.03 Å². The number of amides is 2. The van der Waals surface area contributed by atoms with Gasteiger partial charge in [0.05, 0.1) is 6.61 Å². The highest BCUT2D eigenvalue weighted by Gasteiger charge is 2.20. The van der Waals surface area contributed by atoms with Gasteiger partial charge in [-0.25, -0.2) is 4.79 Å². The lowest BCUT2D eigenvalue weighted by Gasteiger charge is -2.23. The highest BCUT2D eigenvalue weighted by Crippen LogP contribution is 2.04. The van der Waals surface area contributed by atoms with Gasteiger partial charge in [0.15, 0.2) is 0 Å². The van der Waals surface area contributed by atoms with Crippen molar-refractivity contribution in [2.24, 2.45) is 0 Å². The van der Waals surface area contributed by atoms with E-state index >= 15 is 0 Å². The van der Waals surface area contributed by atoms with E-state index in [1.165, 1.54) is 0 Å². The van der Waals surface area contributed by atoms with Crippen LogP contribution in [-0.2, 0) is 0 Å². The van der Waals surface area contributed by atoms with Gasteiger partial charge in [-0.05, 0) is 19.5 Å². The van der Waals surface area contributed by atoms with Crippen LogP contribution in [0.4, 0.5) is 4.79 Å². The Kier molecular flexibility index (Phi) is 5.22. The zero-order chi connectivity index (χ0) is 12.8. The first-order chi connectivity index (χ1) is 8.79. The number of β-amino-alcohol motifs (C(OH)–C–C–N with tert-alkyl or cyclic N) is 1. The molecule has 2 fully saturated rings. The van der Waals surface area contributed by atoms with Crippen LogP contribution in [-0.4, -0.2) is 91.3 Å². The van der Waals surface area contributed by atoms with Crippen LogP contribution in [0.15, 0.2) is 0 Å². The second-order valence-electron chi connectivity index (χ2n) is 4.98. The first-order valence-electron chi connectivity index (χ1n) is 6.88. The minimum atomic E-state index is 0.0757. The maximum absolute atomic E-state index is 11.4. The molecule has 0 aromatic rings. The molecule has 2 aliphatic rings. The van der Waals surface area contributed by atoms with Crippen LogP contribution in [0.5, 0.6) is 0 Å². The van der Waals surface area contributed by atoms with Crippen LogP contribution in [0.2, 0.25) is 0 Å². The Morgan fingerprint density at radius 1 is 1.00 bits per heavy atom. The Labute approximate surface area is 109 Å². The summed E-state index contributed by atoms with van der Waals surface area (Å²) in [7, 11) is 0. The third-order valence-corrected chi connectivity index (χ3v) is 3.73. The Bertz CT molecular complexity index is 275. The van der Waals surface area contributed by atoms with Gasteiger partial charge in [0.2, 0.25) is 0 Å². The van der Waals surface area contributed by atoms with E-state index in [4.69, 9.17) is 5.11 Å². The number of carbonyl (C=O) groups excluding carboxylic acids is 1. The summed E-state index contributed by atoms with van der Waals surface area (Å²) in [6, 6.07) is 0.0757. The predicted molar refractivity (Wildman–Crippen MR) is 69.6 cm³/mol. The topological polar surface area (TPSA) is 59.1 Å². The molecular formula is C12H24N4O2. The standard InChI is InChI=1S/C12H24N4O2/c17-11-10-15-4-1-3-14(6-7-15)8-9-16-5-2-13-12(16)18/h17H,1-11H2,(H,13,18). The summed E-state index contributed by atoms with van der Waals surface area (Å²) < 4.78 is 0. The van der Waals surface area contributed by atoms with Gasteiger partial charge in [-0.1, -0.05) is 0 Å². The molecule has 0 saturated carbocycles. The number of rotatable bonds is 5. The van der Waals surface area contributed by atoms with E-state index in [1.807, 2.05) is 4.90 Å². The average Bonchev–Trinajstić information content (AvgIpc) is 2.63. The molecule has 0 spiro atoms. The van der Waals surface area contributed by atoms with E-state index in [-0.39, 0.29) is 12.6 Å². The molecule has 2 aliphatic heterocycles. The fraction of sp³-hybridized carbons (Fsp3) is 0.917. The quantitative estimate of drug-likeness (QED) is 0.663. The van der Waals surface area contributed by atoms with Crippen molar-refractivity contribution in [2.75, 3.05) is 65.5 Å². The first-order valence-corrected chi connectivity index (χ1v) is 6.88. The highest BCUT2D eigenvalue weighted by molar-refractivity contribution is 5.76. The number of aliphatic hydroxyl groups excluding tert-OH is 1. The molecule has 0 bridgehead atoms. The number of hydrogen-bond acceptors (Lipinski definition) is 4. The van der Waals surface area contributed by atoms with Crippen LogP contribution in [0.25, 0.3) is 0 Å². The Balaban J connectivity index is 1.68. The minimum absolute atomic E-state index is 0.0757. The molecule has 0 aromatic carbocycles. The molecule has 6 heteroatoms. The van der Waals surface area contributed by atoms with Crippen LogP contribution in [0, 0.1) is 0 Å². The first kappa shape index (κ1) is 13.6. The monoisotopic (exact) mass is 256 g/mol. The lowest BCUT2D eigenvalue weighted by molar-refractivity contribution is 0.189. The van der Waals surface area contributed by atoms with Crippen molar-refractivity contribution in [3.05, 3.63) is 0 Å². The molecule has 2 saturated heterocycles. The maximum atomic E-state index is 11.4. The van der Waals surface area contributed by atoms with Crippen molar-refractivity contribution in [2.45, 2.75) is 6.42 Å². The minimum Gasteiger partial charge on any atom is -0.395 e. The molecule has 6 nitrogen and oxygen atoms in total.